The Hall–Kier alpha value is -1.02. The zero-order chi connectivity index (χ0) is 11.8. The molecule has 2 nitrogen and oxygen atoms in total. The van der Waals surface area contributed by atoms with Crippen LogP contribution >= 0.6 is 11.6 Å². The van der Waals surface area contributed by atoms with Crippen molar-refractivity contribution in [1.82, 2.24) is 0 Å². The maximum Gasteiger partial charge on any atom is 0.101 e. The van der Waals surface area contributed by atoms with Gasteiger partial charge in [0.25, 0.3) is 0 Å². The summed E-state index contributed by atoms with van der Waals surface area (Å²) in [5.74, 6) is 1.81. The van der Waals surface area contributed by atoms with Gasteiger partial charge in [-0.2, -0.15) is 0 Å². The number of nitrogens with zero attached hydrogens (tertiary/aromatic N) is 1. The van der Waals surface area contributed by atoms with Crippen molar-refractivity contribution in [2.24, 2.45) is 10.9 Å². The molecule has 0 saturated heterocycles. The summed E-state index contributed by atoms with van der Waals surface area (Å²) in [6.45, 7) is 3.20. The molecule has 3 rings (SSSR count). The van der Waals surface area contributed by atoms with Gasteiger partial charge >= 0.3 is 0 Å². The van der Waals surface area contributed by atoms with Crippen LogP contribution < -0.4 is 5.32 Å². The number of benzene rings is 1. The fourth-order valence-corrected chi connectivity index (χ4v) is 3.02. The third-order valence-corrected chi connectivity index (χ3v) is 4.00. The van der Waals surface area contributed by atoms with E-state index in [1.807, 2.05) is 6.07 Å². The van der Waals surface area contributed by atoms with E-state index < -0.39 is 0 Å². The van der Waals surface area contributed by atoms with Gasteiger partial charge in [-0.1, -0.05) is 18.5 Å². The summed E-state index contributed by atoms with van der Waals surface area (Å²) in [5, 5.41) is 4.41. The van der Waals surface area contributed by atoms with Crippen molar-refractivity contribution in [2.45, 2.75) is 32.6 Å². The molecule has 0 amide bonds. The van der Waals surface area contributed by atoms with Gasteiger partial charge < -0.3 is 5.32 Å². The second kappa shape index (κ2) is 4.34. The van der Waals surface area contributed by atoms with Crippen LogP contribution in [0.1, 0.15) is 30.9 Å². The van der Waals surface area contributed by atoms with Crippen LogP contribution in [-0.2, 0) is 12.8 Å². The standard InChI is InChI=1S/C14H17ClN2/c1-9-7-14(16-8-9)17-13-6-5-12(15)10-3-2-4-11(10)13/h5-6,9H,2-4,7-8H2,1H3,(H,16,17). The molecule has 0 saturated carbocycles. The lowest BCUT2D eigenvalue weighted by atomic mass is 10.1. The Kier molecular flexibility index (Phi) is 2.83. The van der Waals surface area contributed by atoms with Crippen LogP contribution in [0.5, 0.6) is 0 Å². The number of aliphatic imine (C=N–C) groups is 1. The Labute approximate surface area is 107 Å². The SMILES string of the molecule is CC1CN=C(Nc2ccc(Cl)c3c2CCC3)C1. The van der Waals surface area contributed by atoms with Crippen molar-refractivity contribution in [1.29, 1.82) is 0 Å². The van der Waals surface area contributed by atoms with E-state index in [1.165, 1.54) is 23.2 Å². The largest absolute Gasteiger partial charge is 0.344 e. The maximum absolute atomic E-state index is 6.22. The number of rotatable bonds is 1. The monoisotopic (exact) mass is 248 g/mol. The highest BCUT2D eigenvalue weighted by Crippen LogP contribution is 2.34. The molecule has 0 spiro atoms. The molecule has 1 unspecified atom stereocenters. The van der Waals surface area contributed by atoms with Crippen molar-refractivity contribution in [3.05, 3.63) is 28.3 Å². The van der Waals surface area contributed by atoms with E-state index in [0.29, 0.717) is 5.92 Å². The Bertz CT molecular complexity index is 479. The fraction of sp³-hybridized carbons (Fsp3) is 0.500. The van der Waals surface area contributed by atoms with E-state index in [1.54, 1.807) is 0 Å². The molecule has 17 heavy (non-hydrogen) atoms. The summed E-state index contributed by atoms with van der Waals surface area (Å²) in [4.78, 5) is 4.53. The van der Waals surface area contributed by atoms with Crippen LogP contribution in [0.4, 0.5) is 5.69 Å². The molecular weight excluding hydrogens is 232 g/mol. The number of hydrogen-bond donors (Lipinski definition) is 1. The van der Waals surface area contributed by atoms with Gasteiger partial charge in [-0.3, -0.25) is 4.99 Å². The highest BCUT2D eigenvalue weighted by molar-refractivity contribution is 6.31. The van der Waals surface area contributed by atoms with Crippen molar-refractivity contribution in [3.8, 4) is 0 Å². The van der Waals surface area contributed by atoms with Gasteiger partial charge in [-0.25, -0.2) is 0 Å². The van der Waals surface area contributed by atoms with E-state index in [2.05, 4.69) is 23.3 Å². The Balaban J connectivity index is 1.87. The predicted octanol–water partition coefficient (Wildman–Crippen LogP) is 3.68. The molecule has 0 radical (unpaired) electrons. The lowest BCUT2D eigenvalue weighted by Gasteiger charge is -2.12. The molecule has 1 aliphatic heterocycles. The lowest BCUT2D eigenvalue weighted by molar-refractivity contribution is 0.664. The van der Waals surface area contributed by atoms with Gasteiger partial charge in [0.05, 0.1) is 0 Å². The number of nitrogens with one attached hydrogen (secondary N) is 1. The number of halogens is 1. The fourth-order valence-electron chi connectivity index (χ4n) is 2.75. The number of anilines is 1. The maximum atomic E-state index is 6.22. The minimum atomic E-state index is 0.679. The topological polar surface area (TPSA) is 24.4 Å². The van der Waals surface area contributed by atoms with Gasteiger partial charge in [-0.15, -0.1) is 0 Å². The summed E-state index contributed by atoms with van der Waals surface area (Å²) >= 11 is 6.22. The van der Waals surface area contributed by atoms with Crippen LogP contribution in [-0.4, -0.2) is 12.4 Å². The van der Waals surface area contributed by atoms with Gasteiger partial charge in [-0.05, 0) is 48.4 Å². The smallest absolute Gasteiger partial charge is 0.101 e. The van der Waals surface area contributed by atoms with E-state index in [0.717, 1.165) is 36.7 Å². The molecule has 90 valence electrons. The van der Waals surface area contributed by atoms with E-state index >= 15 is 0 Å². The molecule has 1 aromatic carbocycles. The van der Waals surface area contributed by atoms with Crippen molar-refractivity contribution >= 4 is 23.1 Å². The third kappa shape index (κ3) is 2.06. The van der Waals surface area contributed by atoms with Crippen LogP contribution in [0, 0.1) is 5.92 Å². The molecule has 1 N–H and O–H groups in total. The van der Waals surface area contributed by atoms with Crippen molar-refractivity contribution < 1.29 is 0 Å². The average Bonchev–Trinajstić information content (AvgIpc) is 2.92. The first-order valence-electron chi connectivity index (χ1n) is 6.34. The second-order valence-electron chi connectivity index (χ2n) is 5.13. The molecule has 0 bridgehead atoms. The molecule has 1 heterocycles. The van der Waals surface area contributed by atoms with Gasteiger partial charge in [0.15, 0.2) is 0 Å². The molecule has 1 aromatic rings. The van der Waals surface area contributed by atoms with Crippen LogP contribution in [0.15, 0.2) is 17.1 Å². The van der Waals surface area contributed by atoms with E-state index in [4.69, 9.17) is 11.6 Å². The van der Waals surface area contributed by atoms with Crippen molar-refractivity contribution in [2.75, 3.05) is 11.9 Å². The summed E-state index contributed by atoms with van der Waals surface area (Å²) < 4.78 is 0. The number of fused-ring (bicyclic) bond motifs is 1. The first-order valence-corrected chi connectivity index (χ1v) is 6.72. The third-order valence-electron chi connectivity index (χ3n) is 3.64. The highest BCUT2D eigenvalue weighted by Gasteiger charge is 2.20. The first-order chi connectivity index (χ1) is 8.24. The summed E-state index contributed by atoms with van der Waals surface area (Å²) in [6.07, 6.45) is 4.54. The van der Waals surface area contributed by atoms with Crippen molar-refractivity contribution in [3.63, 3.8) is 0 Å². The van der Waals surface area contributed by atoms with Crippen LogP contribution in [0.25, 0.3) is 0 Å². The zero-order valence-corrected chi connectivity index (χ0v) is 10.8. The average molecular weight is 249 g/mol. The predicted molar refractivity (Wildman–Crippen MR) is 73.2 cm³/mol. The molecule has 3 heteroatoms. The minimum Gasteiger partial charge on any atom is -0.344 e. The lowest BCUT2D eigenvalue weighted by Crippen LogP contribution is -2.11. The van der Waals surface area contributed by atoms with Gasteiger partial charge in [0.2, 0.25) is 0 Å². The van der Waals surface area contributed by atoms with Gasteiger partial charge in [0, 0.05) is 23.7 Å². The molecule has 0 aromatic heterocycles. The number of hydrogen-bond acceptors (Lipinski definition) is 2. The molecule has 2 aliphatic rings. The first kappa shape index (κ1) is 11.1. The summed E-state index contributed by atoms with van der Waals surface area (Å²) in [6, 6.07) is 4.10. The van der Waals surface area contributed by atoms with E-state index in [-0.39, 0.29) is 0 Å². The summed E-state index contributed by atoms with van der Waals surface area (Å²) in [5.41, 5.74) is 3.96. The second-order valence-corrected chi connectivity index (χ2v) is 5.53. The Morgan fingerprint density at radius 1 is 1.29 bits per heavy atom. The normalized spacial score (nSPS) is 22.5. The summed E-state index contributed by atoms with van der Waals surface area (Å²) in [7, 11) is 0. The van der Waals surface area contributed by atoms with Crippen LogP contribution in [0.2, 0.25) is 5.02 Å². The molecular formula is C14H17ClN2. The Morgan fingerprint density at radius 3 is 2.88 bits per heavy atom. The quantitative estimate of drug-likeness (QED) is 0.806. The highest BCUT2D eigenvalue weighted by atomic mass is 35.5. The Morgan fingerprint density at radius 2 is 2.12 bits per heavy atom. The van der Waals surface area contributed by atoms with Crippen LogP contribution in [0.3, 0.4) is 0 Å². The number of amidine groups is 1. The molecule has 1 atom stereocenters. The minimum absolute atomic E-state index is 0.679. The van der Waals surface area contributed by atoms with E-state index in [9.17, 15) is 0 Å². The molecule has 0 fully saturated rings. The van der Waals surface area contributed by atoms with Gasteiger partial charge in [0.1, 0.15) is 5.84 Å². The molecule has 1 aliphatic carbocycles. The zero-order valence-electron chi connectivity index (χ0n) is 10.1.